The van der Waals surface area contributed by atoms with Gasteiger partial charge in [0.1, 0.15) is 0 Å². The third-order valence-corrected chi connectivity index (χ3v) is 3.92. The maximum Gasteiger partial charge on any atom is 0.340 e. The SMILES string of the molecule is CC(=O)NC1=CC(C(=O)c2ccccc2)C(O)(C(=O)O)C=C1N(C)C. The number of carboxylic acid groups (broad SMARTS) is 1. The number of aliphatic carboxylic acids is 1. The Morgan fingerprint density at radius 1 is 1.16 bits per heavy atom. The fourth-order valence-corrected chi connectivity index (χ4v) is 2.67. The molecule has 0 saturated carbocycles. The van der Waals surface area contributed by atoms with Gasteiger partial charge in [-0.2, -0.15) is 0 Å². The Hall–Kier alpha value is -2.93. The van der Waals surface area contributed by atoms with Crippen LogP contribution in [0.1, 0.15) is 17.3 Å². The van der Waals surface area contributed by atoms with E-state index in [0.717, 1.165) is 6.08 Å². The monoisotopic (exact) mass is 344 g/mol. The van der Waals surface area contributed by atoms with Gasteiger partial charge in [-0.15, -0.1) is 0 Å². The van der Waals surface area contributed by atoms with Gasteiger partial charge in [0.05, 0.1) is 17.3 Å². The summed E-state index contributed by atoms with van der Waals surface area (Å²) in [6.45, 7) is 1.31. The molecule has 3 N–H and O–H groups in total. The second-order valence-electron chi connectivity index (χ2n) is 6.02. The molecule has 2 atom stereocenters. The van der Waals surface area contributed by atoms with Crippen molar-refractivity contribution in [3.05, 3.63) is 59.4 Å². The van der Waals surface area contributed by atoms with E-state index in [9.17, 15) is 24.6 Å². The fraction of sp³-hybridized carbons (Fsp3) is 0.278. The smallest absolute Gasteiger partial charge is 0.340 e. The average molecular weight is 344 g/mol. The number of likely N-dealkylation sites (N-methyl/N-ethyl adjacent to an activating group) is 1. The molecule has 132 valence electrons. The van der Waals surface area contributed by atoms with Crippen LogP contribution in [0.2, 0.25) is 0 Å². The van der Waals surface area contributed by atoms with Gasteiger partial charge in [0.2, 0.25) is 5.91 Å². The summed E-state index contributed by atoms with van der Waals surface area (Å²) in [6.07, 6.45) is 2.38. The van der Waals surface area contributed by atoms with Crippen LogP contribution >= 0.6 is 0 Å². The standard InChI is InChI=1S/C18H20N2O5/c1-11(21)19-14-9-13(16(22)12-7-5-4-6-8-12)18(25,17(23)24)10-15(14)20(2)3/h4-10,13,25H,1-3H3,(H,19,21)(H,23,24). The highest BCUT2D eigenvalue weighted by Gasteiger charge is 2.48. The van der Waals surface area contributed by atoms with Gasteiger partial charge in [0, 0.05) is 26.6 Å². The summed E-state index contributed by atoms with van der Waals surface area (Å²) < 4.78 is 0. The number of Topliss-reactive ketones (excluding diaryl/α,β-unsaturated/α-hetero) is 1. The maximum absolute atomic E-state index is 12.8. The fourth-order valence-electron chi connectivity index (χ4n) is 2.67. The number of amides is 1. The number of nitrogens with one attached hydrogen (secondary N) is 1. The number of hydrogen-bond donors (Lipinski definition) is 3. The number of carbonyl (C=O) groups excluding carboxylic acids is 2. The summed E-state index contributed by atoms with van der Waals surface area (Å²) in [7, 11) is 3.28. The highest BCUT2D eigenvalue weighted by atomic mass is 16.4. The summed E-state index contributed by atoms with van der Waals surface area (Å²) in [5.74, 6) is -3.84. The molecule has 0 radical (unpaired) electrons. The Labute approximate surface area is 145 Å². The van der Waals surface area contributed by atoms with E-state index in [1.54, 1.807) is 49.3 Å². The van der Waals surface area contributed by atoms with Crippen molar-refractivity contribution in [3.63, 3.8) is 0 Å². The molecule has 1 aromatic rings. The molecule has 0 bridgehead atoms. The highest BCUT2D eigenvalue weighted by molar-refractivity contribution is 6.04. The third-order valence-electron chi connectivity index (χ3n) is 3.92. The first kappa shape index (κ1) is 18.4. The quantitative estimate of drug-likeness (QED) is 0.682. The molecule has 1 aliphatic rings. The molecule has 7 heteroatoms. The number of carbonyl (C=O) groups is 3. The van der Waals surface area contributed by atoms with Gasteiger partial charge in [0.25, 0.3) is 0 Å². The Morgan fingerprint density at radius 2 is 1.76 bits per heavy atom. The predicted octanol–water partition coefficient (Wildman–Crippen LogP) is 0.780. The van der Waals surface area contributed by atoms with Crippen LogP contribution in [0.3, 0.4) is 0 Å². The van der Waals surface area contributed by atoms with Gasteiger partial charge in [-0.25, -0.2) is 4.79 Å². The minimum Gasteiger partial charge on any atom is -0.479 e. The second-order valence-corrected chi connectivity index (χ2v) is 6.02. The van der Waals surface area contributed by atoms with Gasteiger partial charge < -0.3 is 20.4 Å². The van der Waals surface area contributed by atoms with Gasteiger partial charge in [-0.3, -0.25) is 9.59 Å². The number of nitrogens with zero attached hydrogens (tertiary/aromatic N) is 1. The van der Waals surface area contributed by atoms with Crippen molar-refractivity contribution >= 4 is 17.7 Å². The molecule has 1 aromatic carbocycles. The van der Waals surface area contributed by atoms with Crippen LogP contribution in [-0.2, 0) is 9.59 Å². The minimum absolute atomic E-state index is 0.271. The van der Waals surface area contributed by atoms with Crippen LogP contribution in [-0.4, -0.2) is 52.5 Å². The number of benzene rings is 1. The first-order valence-electron chi connectivity index (χ1n) is 7.62. The number of carboxylic acids is 1. The van der Waals surface area contributed by atoms with Crippen molar-refractivity contribution in [2.24, 2.45) is 5.92 Å². The molecular formula is C18H20N2O5. The van der Waals surface area contributed by atoms with Crippen LogP contribution in [0.25, 0.3) is 0 Å². The van der Waals surface area contributed by atoms with Crippen molar-refractivity contribution in [2.75, 3.05) is 14.1 Å². The van der Waals surface area contributed by atoms with E-state index >= 15 is 0 Å². The second kappa shape index (κ2) is 6.90. The summed E-state index contributed by atoms with van der Waals surface area (Å²) in [4.78, 5) is 37.6. The largest absolute Gasteiger partial charge is 0.479 e. The molecule has 0 aliphatic heterocycles. The summed E-state index contributed by atoms with van der Waals surface area (Å²) in [5, 5.41) is 22.9. The zero-order valence-electron chi connectivity index (χ0n) is 14.2. The molecule has 2 rings (SSSR count). The zero-order valence-corrected chi connectivity index (χ0v) is 14.2. The van der Waals surface area contributed by atoms with Crippen molar-refractivity contribution in [1.29, 1.82) is 0 Å². The maximum atomic E-state index is 12.8. The molecule has 0 aromatic heterocycles. The van der Waals surface area contributed by atoms with Crippen molar-refractivity contribution in [1.82, 2.24) is 10.2 Å². The first-order valence-corrected chi connectivity index (χ1v) is 7.62. The molecule has 25 heavy (non-hydrogen) atoms. The van der Waals surface area contributed by atoms with Gasteiger partial charge in [-0.05, 0) is 12.2 Å². The van der Waals surface area contributed by atoms with Crippen molar-refractivity contribution in [2.45, 2.75) is 12.5 Å². The van der Waals surface area contributed by atoms with Crippen LogP contribution in [0.15, 0.2) is 53.9 Å². The lowest BCUT2D eigenvalue weighted by molar-refractivity contribution is -0.155. The van der Waals surface area contributed by atoms with Crippen molar-refractivity contribution in [3.8, 4) is 0 Å². The number of hydrogen-bond acceptors (Lipinski definition) is 5. The van der Waals surface area contributed by atoms with E-state index in [2.05, 4.69) is 5.32 Å². The van der Waals surface area contributed by atoms with E-state index < -0.39 is 23.3 Å². The minimum atomic E-state index is -2.42. The van der Waals surface area contributed by atoms with E-state index in [1.807, 2.05) is 0 Å². The number of rotatable bonds is 5. The summed E-state index contributed by atoms with van der Waals surface area (Å²) in [6, 6.07) is 8.11. The first-order chi connectivity index (χ1) is 11.7. The van der Waals surface area contributed by atoms with Gasteiger partial charge in [0.15, 0.2) is 11.4 Å². The summed E-state index contributed by atoms with van der Waals surface area (Å²) >= 11 is 0. The third kappa shape index (κ3) is 3.61. The normalized spacial score (nSPS) is 22.5. The van der Waals surface area contributed by atoms with Crippen LogP contribution in [0.5, 0.6) is 0 Å². The Kier molecular flexibility index (Phi) is 5.08. The molecule has 2 unspecified atom stereocenters. The lowest BCUT2D eigenvalue weighted by Crippen LogP contribution is -2.50. The number of aliphatic hydroxyl groups is 1. The van der Waals surface area contributed by atoms with E-state index in [0.29, 0.717) is 5.70 Å². The molecule has 7 nitrogen and oxygen atoms in total. The van der Waals surface area contributed by atoms with E-state index in [4.69, 9.17) is 0 Å². The van der Waals surface area contributed by atoms with Crippen LogP contribution < -0.4 is 5.32 Å². The van der Waals surface area contributed by atoms with E-state index in [-0.39, 0.29) is 17.2 Å². The predicted molar refractivity (Wildman–Crippen MR) is 90.5 cm³/mol. The molecule has 0 fully saturated rings. The Bertz CT molecular complexity index is 767. The Morgan fingerprint density at radius 3 is 2.24 bits per heavy atom. The average Bonchev–Trinajstić information content (AvgIpc) is 2.55. The zero-order chi connectivity index (χ0) is 18.8. The van der Waals surface area contributed by atoms with Gasteiger partial charge in [-0.1, -0.05) is 30.3 Å². The highest BCUT2D eigenvalue weighted by Crippen LogP contribution is 2.34. The molecular weight excluding hydrogens is 324 g/mol. The molecule has 0 heterocycles. The molecule has 0 spiro atoms. The molecule has 0 saturated heterocycles. The van der Waals surface area contributed by atoms with Crippen molar-refractivity contribution < 1.29 is 24.6 Å². The lowest BCUT2D eigenvalue weighted by atomic mass is 9.77. The van der Waals surface area contributed by atoms with Crippen LogP contribution in [0, 0.1) is 5.92 Å². The molecule has 1 amide bonds. The van der Waals surface area contributed by atoms with Crippen LogP contribution in [0.4, 0.5) is 0 Å². The Balaban J connectivity index is 2.58. The van der Waals surface area contributed by atoms with Gasteiger partial charge >= 0.3 is 5.97 Å². The van der Waals surface area contributed by atoms with E-state index in [1.165, 1.54) is 13.0 Å². The number of ketones is 1. The molecule has 1 aliphatic carbocycles. The topological polar surface area (TPSA) is 107 Å². The summed E-state index contributed by atoms with van der Waals surface area (Å²) in [5.41, 5.74) is -1.57. The lowest BCUT2D eigenvalue weighted by Gasteiger charge is -2.35.